The Kier molecular flexibility index (Phi) is 4.65. The van der Waals surface area contributed by atoms with Gasteiger partial charge in [0.1, 0.15) is 5.82 Å². The van der Waals surface area contributed by atoms with Gasteiger partial charge in [0.2, 0.25) is 0 Å². The molecule has 2 aliphatic carbocycles. The Balaban J connectivity index is 1.75. The Morgan fingerprint density at radius 1 is 1.48 bits per heavy atom. The first kappa shape index (κ1) is 16.7. The fraction of sp³-hybridized carbons (Fsp3) is 0.611. The standard InChI is InChI=1S/C18H23ClFNO2/c1-3-23-17(22)16-12-5-6-13(9-12)18(16,2)21-10-11-4-7-15(20)14(19)8-11/h4,7-8,12-13,16,21H,3,5-6,9-10H2,1-2H3/t12-,13+,16-,18-/m0/s1. The van der Waals surface area contributed by atoms with Crippen molar-refractivity contribution < 1.29 is 13.9 Å². The lowest BCUT2D eigenvalue weighted by molar-refractivity contribution is -0.153. The van der Waals surface area contributed by atoms with Crippen LogP contribution in [-0.2, 0) is 16.1 Å². The summed E-state index contributed by atoms with van der Waals surface area (Å²) < 4.78 is 18.6. The lowest BCUT2D eigenvalue weighted by atomic mass is 9.73. The molecule has 0 unspecified atom stereocenters. The highest BCUT2D eigenvalue weighted by atomic mass is 35.5. The minimum absolute atomic E-state index is 0.0909. The zero-order chi connectivity index (χ0) is 16.6. The van der Waals surface area contributed by atoms with Crippen LogP contribution in [0.3, 0.4) is 0 Å². The van der Waals surface area contributed by atoms with Gasteiger partial charge >= 0.3 is 5.97 Å². The third-order valence-electron chi connectivity index (χ3n) is 5.64. The fourth-order valence-electron chi connectivity index (χ4n) is 4.47. The van der Waals surface area contributed by atoms with Crippen LogP contribution in [0.2, 0.25) is 5.02 Å². The van der Waals surface area contributed by atoms with Crippen LogP contribution in [0.25, 0.3) is 0 Å². The second-order valence-electron chi connectivity index (χ2n) is 6.88. The van der Waals surface area contributed by atoms with E-state index in [1.807, 2.05) is 6.92 Å². The van der Waals surface area contributed by atoms with Crippen molar-refractivity contribution in [3.8, 4) is 0 Å². The van der Waals surface area contributed by atoms with E-state index in [-0.39, 0.29) is 22.4 Å². The third kappa shape index (κ3) is 2.99. The van der Waals surface area contributed by atoms with Gasteiger partial charge in [0, 0.05) is 12.1 Å². The number of carbonyl (C=O) groups is 1. The van der Waals surface area contributed by atoms with E-state index in [1.54, 1.807) is 12.1 Å². The SMILES string of the molecule is CCOC(=O)[C@@H]1[C@H]2CC[C@H](C2)[C@]1(C)NCc1ccc(F)c(Cl)c1. The second kappa shape index (κ2) is 6.40. The van der Waals surface area contributed by atoms with Crippen molar-refractivity contribution in [2.24, 2.45) is 17.8 Å². The summed E-state index contributed by atoms with van der Waals surface area (Å²) in [7, 11) is 0. The Labute approximate surface area is 141 Å². The molecule has 0 spiro atoms. The molecule has 0 amide bonds. The van der Waals surface area contributed by atoms with Crippen LogP contribution in [0, 0.1) is 23.6 Å². The molecule has 1 aromatic carbocycles. The summed E-state index contributed by atoms with van der Waals surface area (Å²) in [5.41, 5.74) is 0.652. The van der Waals surface area contributed by atoms with Gasteiger partial charge in [-0.1, -0.05) is 17.7 Å². The average molecular weight is 340 g/mol. The van der Waals surface area contributed by atoms with Gasteiger partial charge in [-0.3, -0.25) is 4.79 Å². The van der Waals surface area contributed by atoms with Crippen molar-refractivity contribution >= 4 is 17.6 Å². The van der Waals surface area contributed by atoms with Gasteiger partial charge in [-0.05, 0) is 62.6 Å². The van der Waals surface area contributed by atoms with E-state index in [0.29, 0.717) is 25.0 Å². The van der Waals surface area contributed by atoms with Crippen LogP contribution >= 0.6 is 11.6 Å². The monoisotopic (exact) mass is 339 g/mol. The molecular weight excluding hydrogens is 317 g/mol. The highest BCUT2D eigenvalue weighted by molar-refractivity contribution is 6.30. The lowest BCUT2D eigenvalue weighted by Crippen LogP contribution is -2.55. The van der Waals surface area contributed by atoms with Gasteiger partial charge in [-0.2, -0.15) is 0 Å². The van der Waals surface area contributed by atoms with Gasteiger partial charge in [-0.15, -0.1) is 0 Å². The summed E-state index contributed by atoms with van der Waals surface area (Å²) in [5, 5.41) is 3.69. The van der Waals surface area contributed by atoms with E-state index in [0.717, 1.165) is 24.8 Å². The molecule has 0 aliphatic heterocycles. The minimum Gasteiger partial charge on any atom is -0.466 e. The van der Waals surface area contributed by atoms with E-state index >= 15 is 0 Å². The summed E-state index contributed by atoms with van der Waals surface area (Å²) >= 11 is 5.85. The number of fused-ring (bicyclic) bond motifs is 2. The number of esters is 1. The second-order valence-corrected chi connectivity index (χ2v) is 7.29. The van der Waals surface area contributed by atoms with Crippen molar-refractivity contribution in [1.82, 2.24) is 5.32 Å². The maximum Gasteiger partial charge on any atom is 0.311 e. The van der Waals surface area contributed by atoms with Crippen molar-refractivity contribution in [3.63, 3.8) is 0 Å². The summed E-state index contributed by atoms with van der Waals surface area (Å²) in [6.45, 7) is 4.95. The van der Waals surface area contributed by atoms with E-state index in [9.17, 15) is 9.18 Å². The molecule has 2 bridgehead atoms. The number of halogens is 2. The van der Waals surface area contributed by atoms with Crippen molar-refractivity contribution in [3.05, 3.63) is 34.6 Å². The first-order valence-electron chi connectivity index (χ1n) is 8.31. The van der Waals surface area contributed by atoms with Crippen molar-refractivity contribution in [2.45, 2.75) is 45.2 Å². The number of ether oxygens (including phenoxy) is 1. The molecule has 126 valence electrons. The van der Waals surface area contributed by atoms with Gasteiger partial charge < -0.3 is 10.1 Å². The Morgan fingerprint density at radius 2 is 2.26 bits per heavy atom. The van der Waals surface area contributed by atoms with Crippen molar-refractivity contribution in [1.29, 1.82) is 0 Å². The van der Waals surface area contributed by atoms with Crippen LogP contribution in [-0.4, -0.2) is 18.1 Å². The smallest absolute Gasteiger partial charge is 0.311 e. The Bertz CT molecular complexity index is 609. The van der Waals surface area contributed by atoms with Gasteiger partial charge in [-0.25, -0.2) is 4.39 Å². The van der Waals surface area contributed by atoms with E-state index in [1.165, 1.54) is 6.07 Å². The Morgan fingerprint density at radius 3 is 2.96 bits per heavy atom. The lowest BCUT2D eigenvalue weighted by Gasteiger charge is -2.40. The molecule has 0 saturated heterocycles. The predicted octanol–water partition coefficient (Wildman–Crippen LogP) is 3.94. The van der Waals surface area contributed by atoms with E-state index in [2.05, 4.69) is 12.2 Å². The molecular formula is C18H23ClFNO2. The molecule has 1 aromatic rings. The highest BCUT2D eigenvalue weighted by Crippen LogP contribution is 2.54. The molecule has 0 aromatic heterocycles. The number of carbonyl (C=O) groups excluding carboxylic acids is 1. The van der Waals surface area contributed by atoms with E-state index in [4.69, 9.17) is 16.3 Å². The quantitative estimate of drug-likeness (QED) is 0.826. The molecule has 3 rings (SSSR count). The fourth-order valence-corrected chi connectivity index (χ4v) is 4.68. The Hall–Kier alpha value is -1.13. The number of hydrogen-bond donors (Lipinski definition) is 1. The van der Waals surface area contributed by atoms with Crippen molar-refractivity contribution in [2.75, 3.05) is 6.61 Å². The normalized spacial score (nSPS) is 32.3. The van der Waals surface area contributed by atoms with Crippen LogP contribution < -0.4 is 5.32 Å². The largest absolute Gasteiger partial charge is 0.466 e. The molecule has 2 aliphatic rings. The van der Waals surface area contributed by atoms with Crippen LogP contribution in [0.1, 0.15) is 38.7 Å². The van der Waals surface area contributed by atoms with Crippen LogP contribution in [0.4, 0.5) is 4.39 Å². The molecule has 2 saturated carbocycles. The zero-order valence-corrected chi connectivity index (χ0v) is 14.3. The number of rotatable bonds is 5. The van der Waals surface area contributed by atoms with Crippen LogP contribution in [0.15, 0.2) is 18.2 Å². The van der Waals surface area contributed by atoms with Gasteiger partial charge in [0.25, 0.3) is 0 Å². The highest BCUT2D eigenvalue weighted by Gasteiger charge is 2.58. The zero-order valence-electron chi connectivity index (χ0n) is 13.6. The number of hydrogen-bond acceptors (Lipinski definition) is 3. The summed E-state index contributed by atoms with van der Waals surface area (Å²) in [6.07, 6.45) is 3.33. The molecule has 4 atom stereocenters. The summed E-state index contributed by atoms with van der Waals surface area (Å²) in [6, 6.07) is 4.75. The predicted molar refractivity (Wildman–Crippen MR) is 87.6 cm³/mol. The summed E-state index contributed by atoms with van der Waals surface area (Å²) in [4.78, 5) is 12.4. The maximum absolute atomic E-state index is 13.3. The van der Waals surface area contributed by atoms with Gasteiger partial charge in [0.15, 0.2) is 0 Å². The molecule has 2 fully saturated rings. The molecule has 0 heterocycles. The van der Waals surface area contributed by atoms with Gasteiger partial charge in [0.05, 0.1) is 17.5 Å². The number of nitrogens with one attached hydrogen (secondary N) is 1. The summed E-state index contributed by atoms with van der Waals surface area (Å²) in [5.74, 6) is 0.293. The molecule has 5 heteroatoms. The maximum atomic E-state index is 13.3. The third-order valence-corrected chi connectivity index (χ3v) is 5.93. The number of benzene rings is 1. The molecule has 0 radical (unpaired) electrons. The first-order chi connectivity index (χ1) is 11.0. The first-order valence-corrected chi connectivity index (χ1v) is 8.69. The molecule has 23 heavy (non-hydrogen) atoms. The topological polar surface area (TPSA) is 38.3 Å². The van der Waals surface area contributed by atoms with Crippen LogP contribution in [0.5, 0.6) is 0 Å². The molecule has 1 N–H and O–H groups in total. The average Bonchev–Trinajstić information content (AvgIpc) is 3.08. The van der Waals surface area contributed by atoms with E-state index < -0.39 is 5.82 Å². The molecule has 3 nitrogen and oxygen atoms in total. The minimum atomic E-state index is -0.411.